The van der Waals surface area contributed by atoms with Crippen LogP contribution >= 0.6 is 0 Å². The van der Waals surface area contributed by atoms with Crippen molar-refractivity contribution in [2.75, 3.05) is 33.3 Å². The molecular weight excluding hydrogens is 346 g/mol. The third kappa shape index (κ3) is 4.62. The molecule has 0 atom stereocenters. The second-order valence-corrected chi connectivity index (χ2v) is 7.08. The van der Waals surface area contributed by atoms with Crippen molar-refractivity contribution in [1.82, 2.24) is 9.80 Å². The van der Waals surface area contributed by atoms with Gasteiger partial charge in [0.2, 0.25) is 5.91 Å². The summed E-state index contributed by atoms with van der Waals surface area (Å²) in [5.74, 6) is -0.244. The molecule has 2 rings (SSSR count). The molecule has 2 amide bonds. The molecule has 1 heterocycles. The Morgan fingerprint density at radius 3 is 2.12 bits per heavy atom. The molecule has 26 heavy (non-hydrogen) atoms. The fourth-order valence-corrected chi connectivity index (χ4v) is 2.76. The first-order chi connectivity index (χ1) is 12.1. The van der Waals surface area contributed by atoms with Gasteiger partial charge < -0.3 is 19.3 Å². The number of nitrogens with zero attached hydrogens (tertiary/aromatic N) is 2. The summed E-state index contributed by atoms with van der Waals surface area (Å²) in [6, 6.07) is 4.10. The van der Waals surface area contributed by atoms with Crippen LogP contribution in [-0.4, -0.2) is 61.5 Å². The second-order valence-electron chi connectivity index (χ2n) is 7.08. The summed E-state index contributed by atoms with van der Waals surface area (Å²) in [7, 11) is 1.32. The summed E-state index contributed by atoms with van der Waals surface area (Å²) in [5.41, 5.74) is -0.140. The molecule has 0 unspecified atom stereocenters. The van der Waals surface area contributed by atoms with Gasteiger partial charge in [-0.2, -0.15) is 8.78 Å². The molecule has 0 saturated carbocycles. The lowest BCUT2D eigenvalue weighted by Crippen LogP contribution is -2.53. The topological polar surface area (TPSA) is 59.1 Å². The average molecular weight is 370 g/mol. The standard InChI is InChI=1S/C18H24F2N2O4/c1-18(2,3)16(24)22-9-7-21(8-10-22)15(23)12-5-6-13(26-17(19)20)14(11-12)25-4/h5-6,11,17H,7-10H2,1-4H3. The first kappa shape index (κ1) is 19.9. The predicted molar refractivity (Wildman–Crippen MR) is 91.6 cm³/mol. The van der Waals surface area contributed by atoms with E-state index >= 15 is 0 Å². The van der Waals surface area contributed by atoms with Crippen molar-refractivity contribution in [3.63, 3.8) is 0 Å². The van der Waals surface area contributed by atoms with Crippen LogP contribution in [0.4, 0.5) is 8.78 Å². The van der Waals surface area contributed by atoms with Crippen molar-refractivity contribution in [2.45, 2.75) is 27.4 Å². The molecule has 0 bridgehead atoms. The number of benzene rings is 1. The van der Waals surface area contributed by atoms with Crippen molar-refractivity contribution in [3.8, 4) is 11.5 Å². The Kier molecular flexibility index (Phi) is 6.05. The maximum atomic E-state index is 12.7. The maximum absolute atomic E-state index is 12.7. The second kappa shape index (κ2) is 7.88. The van der Waals surface area contributed by atoms with Crippen molar-refractivity contribution in [2.24, 2.45) is 5.41 Å². The molecule has 144 valence electrons. The SMILES string of the molecule is COc1cc(C(=O)N2CCN(C(=O)C(C)(C)C)CC2)ccc1OC(F)F. The number of halogens is 2. The number of hydrogen-bond acceptors (Lipinski definition) is 4. The molecule has 1 aliphatic rings. The highest BCUT2D eigenvalue weighted by atomic mass is 19.3. The van der Waals surface area contributed by atoms with Gasteiger partial charge in [-0.3, -0.25) is 9.59 Å². The molecule has 1 aromatic carbocycles. The van der Waals surface area contributed by atoms with Gasteiger partial charge in [-0.05, 0) is 18.2 Å². The fraction of sp³-hybridized carbons (Fsp3) is 0.556. The molecule has 1 saturated heterocycles. The number of hydrogen-bond donors (Lipinski definition) is 0. The molecule has 1 fully saturated rings. The molecule has 0 aromatic heterocycles. The van der Waals surface area contributed by atoms with E-state index < -0.39 is 12.0 Å². The van der Waals surface area contributed by atoms with Crippen LogP contribution in [0.15, 0.2) is 18.2 Å². The molecule has 0 N–H and O–H groups in total. The van der Waals surface area contributed by atoms with E-state index in [1.807, 2.05) is 20.8 Å². The quantitative estimate of drug-likeness (QED) is 0.818. The predicted octanol–water partition coefficient (Wildman–Crippen LogP) is 2.63. The monoisotopic (exact) mass is 370 g/mol. The van der Waals surface area contributed by atoms with E-state index in [2.05, 4.69) is 4.74 Å². The van der Waals surface area contributed by atoms with E-state index in [1.165, 1.54) is 25.3 Å². The van der Waals surface area contributed by atoms with Crippen LogP contribution in [0.5, 0.6) is 11.5 Å². The smallest absolute Gasteiger partial charge is 0.387 e. The molecule has 8 heteroatoms. The zero-order valence-corrected chi connectivity index (χ0v) is 15.4. The minimum atomic E-state index is -2.97. The van der Waals surface area contributed by atoms with Gasteiger partial charge in [0.1, 0.15) is 0 Å². The number of piperazine rings is 1. The Morgan fingerprint density at radius 2 is 1.62 bits per heavy atom. The normalized spacial score (nSPS) is 15.2. The van der Waals surface area contributed by atoms with Crippen LogP contribution in [-0.2, 0) is 4.79 Å². The zero-order valence-electron chi connectivity index (χ0n) is 15.4. The van der Waals surface area contributed by atoms with Gasteiger partial charge in [-0.25, -0.2) is 0 Å². The largest absolute Gasteiger partial charge is 0.493 e. The van der Waals surface area contributed by atoms with Gasteiger partial charge in [0, 0.05) is 37.2 Å². The summed E-state index contributed by atoms with van der Waals surface area (Å²) in [6.07, 6.45) is 0. The average Bonchev–Trinajstić information content (AvgIpc) is 2.59. The highest BCUT2D eigenvalue weighted by molar-refractivity contribution is 5.95. The molecular formula is C18H24F2N2O4. The van der Waals surface area contributed by atoms with Crippen molar-refractivity contribution >= 4 is 11.8 Å². The molecule has 1 aliphatic heterocycles. The summed E-state index contributed by atoms with van der Waals surface area (Å²) in [4.78, 5) is 28.3. The third-order valence-electron chi connectivity index (χ3n) is 4.12. The lowest BCUT2D eigenvalue weighted by Gasteiger charge is -2.37. The molecule has 0 aliphatic carbocycles. The molecule has 1 aromatic rings. The highest BCUT2D eigenvalue weighted by Gasteiger charge is 2.31. The maximum Gasteiger partial charge on any atom is 0.387 e. The molecule has 6 nitrogen and oxygen atoms in total. The van der Waals surface area contributed by atoms with Crippen LogP contribution in [0, 0.1) is 5.41 Å². The Balaban J connectivity index is 2.05. The van der Waals surface area contributed by atoms with E-state index in [-0.39, 0.29) is 23.3 Å². The Hall–Kier alpha value is -2.38. The number of ether oxygens (including phenoxy) is 2. The van der Waals surface area contributed by atoms with Crippen LogP contribution in [0.3, 0.4) is 0 Å². The zero-order chi connectivity index (χ0) is 19.5. The van der Waals surface area contributed by atoms with Gasteiger partial charge >= 0.3 is 6.61 Å². The van der Waals surface area contributed by atoms with Gasteiger partial charge in [0.15, 0.2) is 11.5 Å². The van der Waals surface area contributed by atoms with Crippen LogP contribution in [0.2, 0.25) is 0 Å². The number of methoxy groups -OCH3 is 1. The number of carbonyl (C=O) groups is 2. The molecule has 0 radical (unpaired) electrons. The van der Waals surface area contributed by atoms with E-state index in [0.29, 0.717) is 31.7 Å². The number of amides is 2. The van der Waals surface area contributed by atoms with Gasteiger partial charge in [0.05, 0.1) is 7.11 Å². The van der Waals surface area contributed by atoms with Crippen LogP contribution in [0.1, 0.15) is 31.1 Å². The van der Waals surface area contributed by atoms with E-state index in [4.69, 9.17) is 4.74 Å². The number of alkyl halides is 2. The summed E-state index contributed by atoms with van der Waals surface area (Å²) in [5, 5.41) is 0. The van der Waals surface area contributed by atoms with Crippen LogP contribution in [0.25, 0.3) is 0 Å². The van der Waals surface area contributed by atoms with Gasteiger partial charge in [0.25, 0.3) is 5.91 Å². The lowest BCUT2D eigenvalue weighted by atomic mass is 9.94. The first-order valence-electron chi connectivity index (χ1n) is 8.35. The number of carbonyl (C=O) groups excluding carboxylic acids is 2. The van der Waals surface area contributed by atoms with Crippen molar-refractivity contribution in [3.05, 3.63) is 23.8 Å². The first-order valence-corrected chi connectivity index (χ1v) is 8.35. The Labute approximate surface area is 151 Å². The van der Waals surface area contributed by atoms with E-state index in [1.54, 1.807) is 9.80 Å². The summed E-state index contributed by atoms with van der Waals surface area (Å²) >= 11 is 0. The minimum absolute atomic E-state index is 0.0553. The Morgan fingerprint density at radius 1 is 1.04 bits per heavy atom. The number of rotatable bonds is 4. The Bertz CT molecular complexity index is 666. The van der Waals surface area contributed by atoms with Gasteiger partial charge in [-0.1, -0.05) is 20.8 Å². The van der Waals surface area contributed by atoms with Crippen molar-refractivity contribution < 1.29 is 27.8 Å². The minimum Gasteiger partial charge on any atom is -0.493 e. The van der Waals surface area contributed by atoms with Crippen molar-refractivity contribution in [1.29, 1.82) is 0 Å². The van der Waals surface area contributed by atoms with Crippen LogP contribution < -0.4 is 9.47 Å². The third-order valence-corrected chi connectivity index (χ3v) is 4.12. The van der Waals surface area contributed by atoms with E-state index in [0.717, 1.165) is 0 Å². The van der Waals surface area contributed by atoms with Gasteiger partial charge in [-0.15, -0.1) is 0 Å². The van der Waals surface area contributed by atoms with E-state index in [9.17, 15) is 18.4 Å². The summed E-state index contributed by atoms with van der Waals surface area (Å²) in [6.45, 7) is 4.37. The lowest BCUT2D eigenvalue weighted by molar-refractivity contribution is -0.140. The molecule has 0 spiro atoms. The highest BCUT2D eigenvalue weighted by Crippen LogP contribution is 2.30. The summed E-state index contributed by atoms with van der Waals surface area (Å²) < 4.78 is 34.2. The fourth-order valence-electron chi connectivity index (χ4n) is 2.76.